The van der Waals surface area contributed by atoms with Gasteiger partial charge in [0.1, 0.15) is 29.0 Å². The molecule has 2 heterocycles. The maximum Gasteiger partial charge on any atom is 0.258 e. The van der Waals surface area contributed by atoms with Crippen molar-refractivity contribution >= 4 is 17.0 Å². The predicted octanol–water partition coefficient (Wildman–Crippen LogP) is 2.55. The van der Waals surface area contributed by atoms with Crippen molar-refractivity contribution in [2.45, 2.75) is 20.4 Å². The van der Waals surface area contributed by atoms with Crippen molar-refractivity contribution in [2.24, 2.45) is 0 Å². The van der Waals surface area contributed by atoms with Gasteiger partial charge in [-0.25, -0.2) is 9.97 Å². The van der Waals surface area contributed by atoms with Gasteiger partial charge in [0.15, 0.2) is 6.61 Å². The Morgan fingerprint density at radius 3 is 2.74 bits per heavy atom. The molecule has 0 unspecified atom stereocenters. The number of methoxy groups -OCH3 is 2. The molecule has 0 atom stereocenters. The van der Waals surface area contributed by atoms with Crippen LogP contribution in [-0.2, 0) is 11.3 Å². The highest BCUT2D eigenvalue weighted by Gasteiger charge is 2.16. The van der Waals surface area contributed by atoms with Crippen molar-refractivity contribution < 1.29 is 23.4 Å². The number of amides is 1. The smallest absolute Gasteiger partial charge is 0.258 e. The van der Waals surface area contributed by atoms with Crippen molar-refractivity contribution in [2.75, 3.05) is 20.8 Å². The molecule has 1 N–H and O–H groups in total. The highest BCUT2D eigenvalue weighted by Crippen LogP contribution is 2.29. The zero-order valence-corrected chi connectivity index (χ0v) is 15.7. The van der Waals surface area contributed by atoms with Crippen LogP contribution in [0, 0.1) is 13.8 Å². The molecule has 142 valence electrons. The highest BCUT2D eigenvalue weighted by atomic mass is 16.5. The molecule has 3 aromatic rings. The van der Waals surface area contributed by atoms with Gasteiger partial charge in [-0.2, -0.15) is 0 Å². The van der Waals surface area contributed by atoms with E-state index in [9.17, 15) is 4.79 Å². The van der Waals surface area contributed by atoms with Gasteiger partial charge in [0, 0.05) is 17.7 Å². The number of hydrogen-bond donors (Lipinski definition) is 1. The van der Waals surface area contributed by atoms with Crippen LogP contribution in [0.2, 0.25) is 0 Å². The predicted molar refractivity (Wildman–Crippen MR) is 98.2 cm³/mol. The molecular weight excluding hydrogens is 350 g/mol. The van der Waals surface area contributed by atoms with Gasteiger partial charge in [0.05, 0.1) is 14.2 Å². The minimum absolute atomic E-state index is 0.179. The highest BCUT2D eigenvalue weighted by molar-refractivity contribution is 5.84. The Balaban J connectivity index is 1.64. The third-order valence-electron chi connectivity index (χ3n) is 4.23. The van der Waals surface area contributed by atoms with E-state index in [1.807, 2.05) is 19.9 Å². The summed E-state index contributed by atoms with van der Waals surface area (Å²) in [6.45, 7) is 3.84. The van der Waals surface area contributed by atoms with Crippen LogP contribution in [0.1, 0.15) is 16.9 Å². The van der Waals surface area contributed by atoms with Gasteiger partial charge in [-0.1, -0.05) is 0 Å². The molecule has 0 bridgehead atoms. The lowest BCUT2D eigenvalue weighted by atomic mass is 10.2. The fraction of sp³-hybridized carbons (Fsp3) is 0.316. The molecule has 8 heteroatoms. The van der Waals surface area contributed by atoms with Gasteiger partial charge in [0.25, 0.3) is 5.91 Å². The molecule has 0 saturated heterocycles. The molecule has 0 aliphatic carbocycles. The lowest BCUT2D eigenvalue weighted by Crippen LogP contribution is -2.28. The number of nitrogens with zero attached hydrogens (tertiary/aromatic N) is 2. The fourth-order valence-corrected chi connectivity index (χ4v) is 2.66. The van der Waals surface area contributed by atoms with Crippen molar-refractivity contribution in [1.82, 2.24) is 15.3 Å². The van der Waals surface area contributed by atoms with Crippen LogP contribution in [0.15, 0.2) is 28.9 Å². The lowest BCUT2D eigenvalue weighted by Gasteiger charge is -2.12. The first-order chi connectivity index (χ1) is 13.0. The third-order valence-corrected chi connectivity index (χ3v) is 4.23. The number of furan rings is 1. The van der Waals surface area contributed by atoms with E-state index in [4.69, 9.17) is 18.6 Å². The van der Waals surface area contributed by atoms with Crippen molar-refractivity contribution in [1.29, 1.82) is 0 Å². The van der Waals surface area contributed by atoms with Gasteiger partial charge in [-0.3, -0.25) is 4.79 Å². The first kappa shape index (κ1) is 18.5. The van der Waals surface area contributed by atoms with E-state index in [0.29, 0.717) is 28.5 Å². The molecule has 8 nitrogen and oxygen atoms in total. The molecule has 0 aliphatic heterocycles. The van der Waals surface area contributed by atoms with E-state index < -0.39 is 0 Å². The SMILES string of the molecule is COc1ccc(OC)c(CNC(=O)COc2ncnc3oc(C)c(C)c23)c1. The molecule has 1 aromatic carbocycles. The summed E-state index contributed by atoms with van der Waals surface area (Å²) in [5.74, 6) is 2.13. The van der Waals surface area contributed by atoms with Crippen LogP contribution in [0.4, 0.5) is 0 Å². The number of rotatable bonds is 7. The molecule has 0 fully saturated rings. The second kappa shape index (κ2) is 7.94. The van der Waals surface area contributed by atoms with Crippen LogP contribution >= 0.6 is 0 Å². The largest absolute Gasteiger partial charge is 0.497 e. The average molecular weight is 371 g/mol. The number of carbonyl (C=O) groups is 1. The summed E-state index contributed by atoms with van der Waals surface area (Å²) >= 11 is 0. The number of benzene rings is 1. The number of nitrogens with one attached hydrogen (secondary N) is 1. The molecule has 27 heavy (non-hydrogen) atoms. The molecule has 0 spiro atoms. The number of ether oxygens (including phenoxy) is 3. The zero-order chi connectivity index (χ0) is 19.4. The summed E-state index contributed by atoms with van der Waals surface area (Å²) in [4.78, 5) is 20.4. The standard InChI is InChI=1S/C19H21N3O5/c1-11-12(2)27-19-17(11)18(21-10-22-19)26-9-16(23)20-8-13-7-14(24-3)5-6-15(13)25-4/h5-7,10H,8-9H2,1-4H3,(H,20,23). The van der Waals surface area contributed by atoms with E-state index in [2.05, 4.69) is 15.3 Å². The molecule has 1 amide bonds. The first-order valence-corrected chi connectivity index (χ1v) is 8.34. The summed E-state index contributed by atoms with van der Waals surface area (Å²) in [5.41, 5.74) is 2.13. The molecule has 2 aromatic heterocycles. The number of aryl methyl sites for hydroxylation is 2. The summed E-state index contributed by atoms with van der Waals surface area (Å²) in [6.07, 6.45) is 1.35. The monoisotopic (exact) mass is 371 g/mol. The molecule has 0 aliphatic rings. The maximum absolute atomic E-state index is 12.2. The van der Waals surface area contributed by atoms with Crippen LogP contribution < -0.4 is 19.5 Å². The topological polar surface area (TPSA) is 95.7 Å². The third kappa shape index (κ3) is 3.94. The van der Waals surface area contributed by atoms with Crippen LogP contribution in [0.5, 0.6) is 17.4 Å². The number of aromatic nitrogens is 2. The summed E-state index contributed by atoms with van der Waals surface area (Å²) in [5, 5.41) is 3.47. The van der Waals surface area contributed by atoms with Crippen LogP contribution in [0.25, 0.3) is 11.1 Å². The Hall–Kier alpha value is -3.29. The van der Waals surface area contributed by atoms with E-state index in [1.165, 1.54) is 6.33 Å². The van der Waals surface area contributed by atoms with Gasteiger partial charge >= 0.3 is 0 Å². The minimum atomic E-state index is -0.287. The number of fused-ring (bicyclic) bond motifs is 1. The number of carbonyl (C=O) groups excluding carboxylic acids is 1. The molecular formula is C19H21N3O5. The normalized spacial score (nSPS) is 10.7. The Labute approximate surface area is 156 Å². The summed E-state index contributed by atoms with van der Waals surface area (Å²) in [6, 6.07) is 5.40. The van der Waals surface area contributed by atoms with Gasteiger partial charge in [-0.15, -0.1) is 0 Å². The first-order valence-electron chi connectivity index (χ1n) is 8.34. The van der Waals surface area contributed by atoms with Crippen LogP contribution in [-0.4, -0.2) is 36.7 Å². The minimum Gasteiger partial charge on any atom is -0.497 e. The van der Waals surface area contributed by atoms with Gasteiger partial charge in [0.2, 0.25) is 11.6 Å². The quantitative estimate of drug-likeness (QED) is 0.682. The van der Waals surface area contributed by atoms with Crippen molar-refractivity contribution in [3.05, 3.63) is 41.4 Å². The van der Waals surface area contributed by atoms with E-state index in [-0.39, 0.29) is 19.1 Å². The molecule has 3 rings (SSSR count). The maximum atomic E-state index is 12.2. The van der Waals surface area contributed by atoms with Crippen LogP contribution in [0.3, 0.4) is 0 Å². The fourth-order valence-electron chi connectivity index (χ4n) is 2.66. The number of hydrogen-bond acceptors (Lipinski definition) is 7. The second-order valence-corrected chi connectivity index (χ2v) is 5.89. The second-order valence-electron chi connectivity index (χ2n) is 5.89. The zero-order valence-electron chi connectivity index (χ0n) is 15.7. The van der Waals surface area contributed by atoms with E-state index in [1.54, 1.807) is 26.4 Å². The Kier molecular flexibility index (Phi) is 5.44. The Morgan fingerprint density at radius 1 is 1.19 bits per heavy atom. The summed E-state index contributed by atoms with van der Waals surface area (Å²) in [7, 11) is 3.16. The van der Waals surface area contributed by atoms with Gasteiger partial charge in [-0.05, 0) is 32.0 Å². The Bertz CT molecular complexity index is 967. The van der Waals surface area contributed by atoms with E-state index in [0.717, 1.165) is 16.9 Å². The Morgan fingerprint density at radius 2 is 2.00 bits per heavy atom. The van der Waals surface area contributed by atoms with Crippen molar-refractivity contribution in [3.8, 4) is 17.4 Å². The summed E-state index contributed by atoms with van der Waals surface area (Å²) < 4.78 is 21.6. The average Bonchev–Trinajstić information content (AvgIpc) is 2.98. The molecule has 0 saturated carbocycles. The molecule has 0 radical (unpaired) electrons. The lowest BCUT2D eigenvalue weighted by molar-refractivity contribution is -0.123. The van der Waals surface area contributed by atoms with Gasteiger partial charge < -0.3 is 23.9 Å². The van der Waals surface area contributed by atoms with E-state index >= 15 is 0 Å². The van der Waals surface area contributed by atoms with Crippen molar-refractivity contribution in [3.63, 3.8) is 0 Å².